The normalized spacial score (nSPS) is 11.9. The van der Waals surface area contributed by atoms with Crippen molar-refractivity contribution in [3.05, 3.63) is 101 Å². The van der Waals surface area contributed by atoms with Crippen molar-refractivity contribution < 1.29 is 18.7 Å². The number of hydrogen-bond acceptors (Lipinski definition) is 3. The van der Waals surface area contributed by atoms with E-state index in [4.69, 9.17) is 4.98 Å². The van der Waals surface area contributed by atoms with Gasteiger partial charge in [-0.25, -0.2) is 13.8 Å². The van der Waals surface area contributed by atoms with Crippen LogP contribution in [0.25, 0.3) is 11.0 Å². The van der Waals surface area contributed by atoms with E-state index in [-0.39, 0.29) is 5.91 Å². The zero-order chi connectivity index (χ0) is 24.5. The first-order valence-electron chi connectivity index (χ1n) is 11.3. The van der Waals surface area contributed by atoms with Crippen molar-refractivity contribution >= 4 is 16.9 Å². The first kappa shape index (κ1) is 23.6. The van der Waals surface area contributed by atoms with E-state index < -0.39 is 17.2 Å². The fourth-order valence-corrected chi connectivity index (χ4v) is 4.07. The summed E-state index contributed by atoms with van der Waals surface area (Å²) in [6.45, 7) is 6.96. The van der Waals surface area contributed by atoms with E-state index in [0.717, 1.165) is 0 Å². The van der Waals surface area contributed by atoms with Gasteiger partial charge in [0.15, 0.2) is 11.4 Å². The van der Waals surface area contributed by atoms with Crippen molar-refractivity contribution in [1.29, 1.82) is 0 Å². The summed E-state index contributed by atoms with van der Waals surface area (Å²) in [4.78, 5) is 17.4. The van der Waals surface area contributed by atoms with E-state index in [1.165, 1.54) is 48.5 Å². The van der Waals surface area contributed by atoms with E-state index in [2.05, 4.69) is 5.32 Å². The van der Waals surface area contributed by atoms with Crippen LogP contribution in [-0.2, 0) is 12.1 Å². The highest BCUT2D eigenvalue weighted by Gasteiger charge is 2.39. The molecule has 0 spiro atoms. The summed E-state index contributed by atoms with van der Waals surface area (Å²) in [6, 6.07) is 16.2. The number of halogens is 2. The molecular weight excluding hydrogens is 436 g/mol. The number of aromatic nitrogens is 2. The van der Waals surface area contributed by atoms with E-state index in [1.54, 1.807) is 18.2 Å². The molecule has 0 aliphatic rings. The molecule has 3 aromatic carbocycles. The molecule has 1 amide bonds. The molecule has 4 aromatic rings. The highest BCUT2D eigenvalue weighted by Crippen LogP contribution is 2.38. The SMILES string of the molecule is CCn1c(C(O)(c2ccc(F)cc2)c2ccc(F)cc2)nc2ccc(C(=O)NCC(C)C)cc21. The Morgan fingerprint density at radius 1 is 1.00 bits per heavy atom. The average molecular weight is 464 g/mol. The zero-order valence-corrected chi connectivity index (χ0v) is 19.3. The maximum atomic E-state index is 13.7. The minimum Gasteiger partial charge on any atom is -0.373 e. The topological polar surface area (TPSA) is 67.1 Å². The molecule has 34 heavy (non-hydrogen) atoms. The minimum absolute atomic E-state index is 0.187. The Balaban J connectivity index is 1.90. The zero-order valence-electron chi connectivity index (χ0n) is 19.3. The second-order valence-corrected chi connectivity index (χ2v) is 8.71. The minimum atomic E-state index is -1.78. The number of rotatable bonds is 7. The maximum absolute atomic E-state index is 13.7. The molecule has 1 aromatic heterocycles. The lowest BCUT2D eigenvalue weighted by Gasteiger charge is -2.29. The molecular formula is C27H27F2N3O2. The van der Waals surface area contributed by atoms with E-state index >= 15 is 0 Å². The second kappa shape index (κ2) is 9.35. The van der Waals surface area contributed by atoms with Gasteiger partial charge in [-0.05, 0) is 66.4 Å². The van der Waals surface area contributed by atoms with Crippen LogP contribution in [0, 0.1) is 17.6 Å². The third kappa shape index (κ3) is 4.31. The molecule has 0 bridgehead atoms. The molecule has 0 saturated heterocycles. The Labute approximate surface area is 197 Å². The Kier molecular flexibility index (Phi) is 6.48. The fourth-order valence-electron chi connectivity index (χ4n) is 4.07. The summed E-state index contributed by atoms with van der Waals surface area (Å²) in [7, 11) is 0. The molecule has 0 atom stereocenters. The molecule has 0 aliphatic heterocycles. The van der Waals surface area contributed by atoms with Crippen LogP contribution < -0.4 is 5.32 Å². The van der Waals surface area contributed by atoms with Gasteiger partial charge in [0.25, 0.3) is 5.91 Å². The molecule has 2 N–H and O–H groups in total. The van der Waals surface area contributed by atoms with Crippen molar-refractivity contribution in [2.75, 3.05) is 6.54 Å². The predicted molar refractivity (Wildman–Crippen MR) is 127 cm³/mol. The Bertz CT molecular complexity index is 1270. The Hall–Kier alpha value is -3.58. The molecule has 4 rings (SSSR count). The number of hydrogen-bond donors (Lipinski definition) is 2. The van der Waals surface area contributed by atoms with Crippen LogP contribution in [0.2, 0.25) is 0 Å². The van der Waals surface area contributed by atoms with Crippen LogP contribution in [0.5, 0.6) is 0 Å². The summed E-state index contributed by atoms with van der Waals surface area (Å²) in [6.07, 6.45) is 0. The molecule has 5 nitrogen and oxygen atoms in total. The average Bonchev–Trinajstić information content (AvgIpc) is 3.21. The number of aliphatic hydroxyl groups is 1. The molecule has 1 heterocycles. The highest BCUT2D eigenvalue weighted by atomic mass is 19.1. The van der Waals surface area contributed by atoms with Gasteiger partial charge < -0.3 is 15.0 Å². The lowest BCUT2D eigenvalue weighted by molar-refractivity contribution is 0.0949. The molecule has 176 valence electrons. The van der Waals surface area contributed by atoms with Gasteiger partial charge in [0.05, 0.1) is 11.0 Å². The van der Waals surface area contributed by atoms with Gasteiger partial charge >= 0.3 is 0 Å². The van der Waals surface area contributed by atoms with Gasteiger partial charge in [0.1, 0.15) is 11.6 Å². The van der Waals surface area contributed by atoms with Crippen molar-refractivity contribution in [2.24, 2.45) is 5.92 Å². The van der Waals surface area contributed by atoms with Crippen molar-refractivity contribution in [2.45, 2.75) is 32.9 Å². The number of carbonyl (C=O) groups excluding carboxylic acids is 1. The van der Waals surface area contributed by atoms with Crippen molar-refractivity contribution in [3.63, 3.8) is 0 Å². The van der Waals surface area contributed by atoms with Gasteiger partial charge in [-0.1, -0.05) is 38.1 Å². The number of nitrogens with one attached hydrogen (secondary N) is 1. The first-order chi connectivity index (χ1) is 16.2. The number of amides is 1. The third-order valence-corrected chi connectivity index (χ3v) is 5.85. The number of carbonyl (C=O) groups is 1. The largest absolute Gasteiger partial charge is 0.373 e. The standard InChI is InChI=1S/C27H27F2N3O2/c1-4-32-24-15-18(25(33)30-16-17(2)3)5-14-23(24)31-26(32)27(34,19-6-10-21(28)11-7-19)20-8-12-22(29)13-9-20/h5-15,17,34H,4,16H2,1-3H3,(H,30,33). The summed E-state index contributed by atoms with van der Waals surface area (Å²) in [5, 5.41) is 15.0. The summed E-state index contributed by atoms with van der Waals surface area (Å²) < 4.78 is 29.2. The first-order valence-corrected chi connectivity index (χ1v) is 11.3. The van der Waals surface area contributed by atoms with Crippen LogP contribution >= 0.6 is 0 Å². The fraction of sp³-hybridized carbons (Fsp3) is 0.259. The van der Waals surface area contributed by atoms with Gasteiger partial charge in [0, 0.05) is 18.7 Å². The number of aryl methyl sites for hydroxylation is 1. The van der Waals surface area contributed by atoms with Gasteiger partial charge in [-0.2, -0.15) is 0 Å². The Morgan fingerprint density at radius 3 is 2.06 bits per heavy atom. The number of fused-ring (bicyclic) bond motifs is 1. The molecule has 0 fully saturated rings. The van der Waals surface area contributed by atoms with E-state index in [1.807, 2.05) is 25.3 Å². The summed E-state index contributed by atoms with van der Waals surface area (Å²) >= 11 is 0. The van der Waals surface area contributed by atoms with Gasteiger partial charge in [-0.15, -0.1) is 0 Å². The Morgan fingerprint density at radius 2 is 1.56 bits per heavy atom. The summed E-state index contributed by atoms with van der Waals surface area (Å²) in [5.41, 5.74) is 0.760. The smallest absolute Gasteiger partial charge is 0.251 e. The van der Waals surface area contributed by atoms with Crippen molar-refractivity contribution in [1.82, 2.24) is 14.9 Å². The van der Waals surface area contributed by atoms with Crippen LogP contribution in [-0.4, -0.2) is 27.1 Å². The predicted octanol–water partition coefficient (Wildman–Crippen LogP) is 5.00. The molecule has 7 heteroatoms. The van der Waals surface area contributed by atoms with Crippen molar-refractivity contribution in [3.8, 4) is 0 Å². The second-order valence-electron chi connectivity index (χ2n) is 8.71. The van der Waals surface area contributed by atoms with E-state index in [0.29, 0.717) is 52.6 Å². The van der Waals surface area contributed by atoms with E-state index in [9.17, 15) is 18.7 Å². The van der Waals surface area contributed by atoms with Crippen LogP contribution in [0.15, 0.2) is 66.7 Å². The quantitative estimate of drug-likeness (QED) is 0.405. The van der Waals surface area contributed by atoms with Gasteiger partial charge in [-0.3, -0.25) is 4.79 Å². The lowest BCUT2D eigenvalue weighted by Crippen LogP contribution is -2.32. The highest BCUT2D eigenvalue weighted by molar-refractivity contribution is 5.97. The number of benzene rings is 3. The lowest BCUT2D eigenvalue weighted by atomic mass is 9.85. The molecule has 0 saturated carbocycles. The molecule has 0 unspecified atom stereocenters. The monoisotopic (exact) mass is 463 g/mol. The van der Waals surface area contributed by atoms with Crippen LogP contribution in [0.3, 0.4) is 0 Å². The molecule has 0 radical (unpaired) electrons. The number of imidazole rings is 1. The molecule has 0 aliphatic carbocycles. The summed E-state index contributed by atoms with van der Waals surface area (Å²) in [5.74, 6) is -0.448. The van der Waals surface area contributed by atoms with Crippen LogP contribution in [0.1, 0.15) is 48.1 Å². The van der Waals surface area contributed by atoms with Crippen LogP contribution in [0.4, 0.5) is 8.78 Å². The third-order valence-electron chi connectivity index (χ3n) is 5.85. The van der Waals surface area contributed by atoms with Gasteiger partial charge in [0.2, 0.25) is 0 Å². The maximum Gasteiger partial charge on any atom is 0.251 e. The number of nitrogens with zero attached hydrogens (tertiary/aromatic N) is 2.